The number of esters is 2. The van der Waals surface area contributed by atoms with Gasteiger partial charge in [-0.25, -0.2) is 0 Å². The predicted molar refractivity (Wildman–Crippen MR) is 261 cm³/mol. The van der Waals surface area contributed by atoms with Crippen LogP contribution in [0.1, 0.15) is 129 Å². The Bertz CT molecular complexity index is 1530. The van der Waals surface area contributed by atoms with Gasteiger partial charge in [0.1, 0.15) is 19.8 Å². The number of unbranched alkanes of at least 4 members (excludes halogenated alkanes) is 6. The van der Waals surface area contributed by atoms with E-state index >= 15 is 0 Å². The molecule has 12 heteroatoms. The molecule has 0 aromatic carbocycles. The number of carbonyl (C=O) groups is 2. The molecule has 0 aliphatic heterocycles. The maximum absolute atomic E-state index is 12.7. The Morgan fingerprint density at radius 2 is 1.11 bits per heavy atom. The highest BCUT2D eigenvalue weighted by Gasteiger charge is 2.21. The molecular weight excluding hydrogens is 830 g/mol. The molecule has 362 valence electrons. The minimum absolute atomic E-state index is 0.0280. The van der Waals surface area contributed by atoms with Crippen LogP contribution in [0.5, 0.6) is 0 Å². The Morgan fingerprint density at radius 1 is 0.594 bits per heavy atom. The highest BCUT2D eigenvalue weighted by Crippen LogP contribution is 2.38. The van der Waals surface area contributed by atoms with Crippen molar-refractivity contribution in [1.82, 2.24) is 0 Å². The van der Waals surface area contributed by atoms with E-state index in [1.165, 1.54) is 25.7 Å². The first-order chi connectivity index (χ1) is 30.8. The first kappa shape index (κ1) is 60.3. The van der Waals surface area contributed by atoms with Gasteiger partial charge in [-0.05, 0) is 83.5 Å². The monoisotopic (exact) mass is 914 g/mol. The molecule has 0 aliphatic rings. The largest absolute Gasteiger partial charge is 0.756 e. The van der Waals surface area contributed by atoms with E-state index in [1.807, 2.05) is 64.5 Å². The molecule has 0 amide bonds. The molecule has 0 saturated heterocycles. The summed E-state index contributed by atoms with van der Waals surface area (Å²) in [5, 5.41) is 20.0. The summed E-state index contributed by atoms with van der Waals surface area (Å²) in [4.78, 5) is 37.6. The summed E-state index contributed by atoms with van der Waals surface area (Å²) in [5.74, 6) is -1.05. The van der Waals surface area contributed by atoms with Crippen LogP contribution in [0.2, 0.25) is 0 Å². The second-order valence-electron chi connectivity index (χ2n) is 16.4. The van der Waals surface area contributed by atoms with Crippen molar-refractivity contribution in [3.05, 3.63) is 122 Å². The van der Waals surface area contributed by atoms with Crippen molar-refractivity contribution in [3.63, 3.8) is 0 Å². The van der Waals surface area contributed by atoms with Gasteiger partial charge in [0.15, 0.2) is 6.10 Å². The molecule has 0 aromatic rings. The average Bonchev–Trinajstić information content (AvgIpc) is 3.24. The third-order valence-corrected chi connectivity index (χ3v) is 10.1. The maximum atomic E-state index is 12.7. The van der Waals surface area contributed by atoms with E-state index in [9.17, 15) is 29.3 Å². The van der Waals surface area contributed by atoms with E-state index in [-0.39, 0.29) is 26.1 Å². The van der Waals surface area contributed by atoms with Crippen molar-refractivity contribution in [2.75, 3.05) is 47.5 Å². The second-order valence-corrected chi connectivity index (χ2v) is 17.8. The molecule has 0 spiro atoms. The standard InChI is InChI=1S/C52H84NO10P/c1-6-8-10-11-12-13-14-15-16-17-18-19-20-21-22-23-24-28-36-42-51(56)60-46-50(47-62-64(58,59)61-45-44-53(3,4)5)63-52(57)43-37-29-26-25-27-33-39-49(55)41-35-31-30-34-40-48(54)38-32-9-7-2/h9,12-13,15-16,18-19,21-22,26-27,29-35,40-41,48-50,54-55H,6-8,10-11,14,17,20,23-25,28,36-39,42-47H2,1-5H3/b13-12-,16-15-,19-18-,22-21-,29-26-,31-30-,32-9-,33-27-,40-34+,41-35+/t48-,49+,50+/m0/s1. The third-order valence-electron chi connectivity index (χ3n) is 9.15. The molecule has 0 aromatic heterocycles. The van der Waals surface area contributed by atoms with E-state index in [0.717, 1.165) is 44.9 Å². The second kappa shape index (κ2) is 42.0. The van der Waals surface area contributed by atoms with E-state index in [2.05, 4.69) is 55.5 Å². The van der Waals surface area contributed by atoms with Crippen LogP contribution in [-0.2, 0) is 32.7 Å². The van der Waals surface area contributed by atoms with Crippen molar-refractivity contribution < 1.29 is 52.3 Å². The van der Waals surface area contributed by atoms with Crippen LogP contribution in [-0.4, -0.2) is 92.5 Å². The van der Waals surface area contributed by atoms with E-state index < -0.39 is 44.7 Å². The summed E-state index contributed by atoms with van der Waals surface area (Å²) in [6.07, 6.45) is 51.6. The van der Waals surface area contributed by atoms with Gasteiger partial charge in [0.25, 0.3) is 7.82 Å². The Hall–Kier alpha value is -3.67. The van der Waals surface area contributed by atoms with Crippen LogP contribution >= 0.6 is 7.82 Å². The summed E-state index contributed by atoms with van der Waals surface area (Å²) in [6, 6.07) is 0. The number of aliphatic hydroxyl groups excluding tert-OH is 2. The lowest BCUT2D eigenvalue weighted by molar-refractivity contribution is -0.870. The average molecular weight is 914 g/mol. The van der Waals surface area contributed by atoms with Gasteiger partial charge in [-0.1, -0.05) is 155 Å². The number of carbonyl (C=O) groups excluding carboxylic acids is 2. The Labute approximate surface area is 387 Å². The van der Waals surface area contributed by atoms with Crippen LogP contribution in [0.3, 0.4) is 0 Å². The van der Waals surface area contributed by atoms with Crippen LogP contribution in [0.15, 0.2) is 122 Å². The lowest BCUT2D eigenvalue weighted by Crippen LogP contribution is -2.37. The summed E-state index contributed by atoms with van der Waals surface area (Å²) in [5.41, 5.74) is 0. The lowest BCUT2D eigenvalue weighted by Gasteiger charge is -2.28. The summed E-state index contributed by atoms with van der Waals surface area (Å²) < 4.78 is 33.7. The van der Waals surface area contributed by atoms with Crippen molar-refractivity contribution in [2.45, 2.75) is 148 Å². The molecule has 11 nitrogen and oxygen atoms in total. The van der Waals surface area contributed by atoms with Gasteiger partial charge < -0.3 is 38.1 Å². The fourth-order valence-electron chi connectivity index (χ4n) is 5.42. The molecule has 0 heterocycles. The summed E-state index contributed by atoms with van der Waals surface area (Å²) in [7, 11) is 1.01. The number of phosphoric acid groups is 1. The lowest BCUT2D eigenvalue weighted by atomic mass is 10.1. The molecule has 0 fully saturated rings. The van der Waals surface area contributed by atoms with Crippen molar-refractivity contribution in [3.8, 4) is 0 Å². The number of quaternary nitrogens is 1. The zero-order chi connectivity index (χ0) is 47.4. The molecule has 0 aliphatic carbocycles. The number of ether oxygens (including phenoxy) is 2. The minimum atomic E-state index is -4.69. The number of rotatable bonds is 40. The normalized spacial score (nSPS) is 15.6. The molecule has 0 radical (unpaired) electrons. The Kier molecular flexibility index (Phi) is 39.6. The number of likely N-dealkylation sites (N-methyl/N-ethyl adjacent to an activating group) is 1. The number of phosphoric ester groups is 1. The molecule has 2 N–H and O–H groups in total. The van der Waals surface area contributed by atoms with Gasteiger partial charge in [-0.15, -0.1) is 0 Å². The fraction of sp³-hybridized carbons (Fsp3) is 0.577. The van der Waals surface area contributed by atoms with Gasteiger partial charge in [-0.3, -0.25) is 14.2 Å². The smallest absolute Gasteiger partial charge is 0.306 e. The highest BCUT2D eigenvalue weighted by atomic mass is 31.2. The maximum Gasteiger partial charge on any atom is 0.306 e. The van der Waals surface area contributed by atoms with Gasteiger partial charge in [-0.2, -0.15) is 0 Å². The van der Waals surface area contributed by atoms with Crippen LogP contribution in [0.25, 0.3) is 0 Å². The number of hydrogen-bond acceptors (Lipinski definition) is 10. The Balaban J connectivity index is 4.64. The third kappa shape index (κ3) is 44.9. The van der Waals surface area contributed by atoms with Crippen LogP contribution in [0, 0.1) is 0 Å². The highest BCUT2D eigenvalue weighted by molar-refractivity contribution is 7.45. The first-order valence-corrected chi connectivity index (χ1v) is 24.9. The predicted octanol–water partition coefficient (Wildman–Crippen LogP) is 11.0. The van der Waals surface area contributed by atoms with Crippen molar-refractivity contribution >= 4 is 19.8 Å². The molecule has 4 atom stereocenters. The molecule has 1 unspecified atom stereocenters. The van der Waals surface area contributed by atoms with Crippen LogP contribution < -0.4 is 4.89 Å². The zero-order valence-electron chi connectivity index (χ0n) is 39.9. The van der Waals surface area contributed by atoms with Crippen molar-refractivity contribution in [1.29, 1.82) is 0 Å². The fourth-order valence-corrected chi connectivity index (χ4v) is 6.15. The van der Waals surface area contributed by atoms with E-state index in [4.69, 9.17) is 18.5 Å². The Morgan fingerprint density at radius 3 is 1.66 bits per heavy atom. The molecule has 0 saturated carbocycles. The van der Waals surface area contributed by atoms with Gasteiger partial charge >= 0.3 is 11.9 Å². The van der Waals surface area contributed by atoms with Crippen molar-refractivity contribution in [2.24, 2.45) is 0 Å². The first-order valence-electron chi connectivity index (χ1n) is 23.5. The van der Waals surface area contributed by atoms with Gasteiger partial charge in [0.05, 0.1) is 40.0 Å². The number of allylic oxidation sites excluding steroid dienone is 16. The SMILES string of the molecule is CC/C=C\C[C@H](O)/C=C/C=C\C=C\[C@H](O)C/C=C\C/C=C\CCC(=O)O[C@H](COC(=O)CCCCC/C=C\C/C=C\C/C=C\C/C=C\CCCCC)COP(=O)([O-])OCC[N+](C)(C)C. The zero-order valence-corrected chi connectivity index (χ0v) is 40.8. The number of aliphatic hydroxyl groups is 2. The minimum Gasteiger partial charge on any atom is -0.756 e. The topological polar surface area (TPSA) is 152 Å². The van der Waals surface area contributed by atoms with Crippen LogP contribution in [0.4, 0.5) is 0 Å². The molecule has 64 heavy (non-hydrogen) atoms. The quantitative estimate of drug-likeness (QED) is 0.0152. The number of hydrogen-bond donors (Lipinski definition) is 2. The molecule has 0 bridgehead atoms. The number of nitrogens with zero attached hydrogens (tertiary/aromatic N) is 1. The van der Waals surface area contributed by atoms with E-state index in [1.54, 1.807) is 36.5 Å². The van der Waals surface area contributed by atoms with E-state index in [0.29, 0.717) is 43.1 Å². The molecular formula is C52H84NO10P. The molecule has 0 rings (SSSR count). The van der Waals surface area contributed by atoms with Gasteiger partial charge in [0, 0.05) is 12.8 Å². The van der Waals surface area contributed by atoms with Gasteiger partial charge in [0.2, 0.25) is 0 Å². The summed E-state index contributed by atoms with van der Waals surface area (Å²) >= 11 is 0. The summed E-state index contributed by atoms with van der Waals surface area (Å²) in [6.45, 7) is 3.73.